The number of ketones is 1. The molecule has 1 aliphatic rings. The molecule has 1 heterocycles. The molecule has 0 aliphatic carbocycles. The van der Waals surface area contributed by atoms with Crippen molar-refractivity contribution < 1.29 is 4.79 Å². The molecule has 0 unspecified atom stereocenters. The van der Waals surface area contributed by atoms with Crippen molar-refractivity contribution in [1.29, 1.82) is 0 Å². The highest BCUT2D eigenvalue weighted by Crippen LogP contribution is 2.05. The van der Waals surface area contributed by atoms with Gasteiger partial charge in [-0.15, -0.1) is 0 Å². The molecule has 0 radical (unpaired) electrons. The van der Waals surface area contributed by atoms with Gasteiger partial charge in [-0.05, 0) is 12.8 Å². The van der Waals surface area contributed by atoms with E-state index in [-0.39, 0.29) is 5.78 Å². The number of carbonyl (C=O) groups excluding carboxylic acids is 1. The topological polar surface area (TPSA) is 29.4 Å². The summed E-state index contributed by atoms with van der Waals surface area (Å²) in [6.45, 7) is 2.74. The molecule has 1 rings (SSSR count). The number of carbonyl (C=O) groups is 1. The maximum Gasteiger partial charge on any atom is 0.176 e. The Morgan fingerprint density at radius 2 is 2.56 bits per heavy atom. The minimum Gasteiger partial charge on any atom is -0.293 e. The lowest BCUT2D eigenvalue weighted by atomic mass is 10.3. The molecule has 0 saturated carbocycles. The lowest BCUT2D eigenvalue weighted by Gasteiger charge is -1.91. The number of Topliss-reactive ketones (excluding diaryl/α,β-unsaturated/α-hetero) is 1. The van der Waals surface area contributed by atoms with Gasteiger partial charge < -0.3 is 0 Å². The molecule has 0 N–H and O–H groups in total. The van der Waals surface area contributed by atoms with Crippen molar-refractivity contribution in [2.75, 3.05) is 6.54 Å². The lowest BCUT2D eigenvalue weighted by molar-refractivity contribution is -0.112. The zero-order valence-corrected chi connectivity index (χ0v) is 5.68. The van der Waals surface area contributed by atoms with E-state index in [0.29, 0.717) is 6.42 Å². The first-order chi connectivity index (χ1) is 4.34. The first kappa shape index (κ1) is 6.46. The van der Waals surface area contributed by atoms with E-state index in [2.05, 4.69) is 4.99 Å². The van der Waals surface area contributed by atoms with Crippen LogP contribution in [0.1, 0.15) is 26.2 Å². The van der Waals surface area contributed by atoms with Crippen LogP contribution in [0.15, 0.2) is 4.99 Å². The Bertz CT molecular complexity index is 149. The third-order valence-electron chi connectivity index (χ3n) is 1.52. The largest absolute Gasteiger partial charge is 0.293 e. The van der Waals surface area contributed by atoms with Gasteiger partial charge in [0.1, 0.15) is 0 Å². The molecular formula is C7H11NO. The third-order valence-corrected chi connectivity index (χ3v) is 1.52. The molecule has 0 aromatic carbocycles. The second kappa shape index (κ2) is 2.76. The number of nitrogens with zero attached hydrogens (tertiary/aromatic N) is 1. The average molecular weight is 128 g/mol. The minimum absolute atomic E-state index is 0.229. The highest BCUT2D eigenvalue weighted by molar-refractivity contribution is 6.40. The molecule has 0 spiro atoms. The Balaban J connectivity index is 2.51. The summed E-state index contributed by atoms with van der Waals surface area (Å²) in [5.41, 5.74) is 0.817. The molecular weight excluding hydrogens is 117 g/mol. The highest BCUT2D eigenvalue weighted by Gasteiger charge is 2.11. The lowest BCUT2D eigenvalue weighted by Crippen LogP contribution is -2.08. The SMILES string of the molecule is [13CH3][13CH2][13C](=O)C1=NCCC1. The normalized spacial score (nSPS) is 17.7. The van der Waals surface area contributed by atoms with Crippen LogP contribution in [0.3, 0.4) is 0 Å². The Morgan fingerprint density at radius 1 is 1.78 bits per heavy atom. The minimum atomic E-state index is 0.229. The highest BCUT2D eigenvalue weighted by atomic mass is 16.2. The van der Waals surface area contributed by atoms with Crippen LogP contribution in [-0.2, 0) is 4.79 Å². The van der Waals surface area contributed by atoms with Crippen LogP contribution in [0.25, 0.3) is 0 Å². The van der Waals surface area contributed by atoms with Crippen LogP contribution in [0.2, 0.25) is 0 Å². The summed E-state index contributed by atoms with van der Waals surface area (Å²) in [4.78, 5) is 15.0. The Kier molecular flexibility index (Phi) is 1.98. The molecule has 2 nitrogen and oxygen atoms in total. The fourth-order valence-electron chi connectivity index (χ4n) is 0.971. The smallest absolute Gasteiger partial charge is 0.176 e. The van der Waals surface area contributed by atoms with E-state index < -0.39 is 0 Å². The Hall–Kier alpha value is -0.660. The van der Waals surface area contributed by atoms with Crippen LogP contribution in [0.5, 0.6) is 0 Å². The Labute approximate surface area is 55.0 Å². The molecule has 0 saturated heterocycles. The van der Waals surface area contributed by atoms with Crippen molar-refractivity contribution in [3.8, 4) is 0 Å². The molecule has 9 heavy (non-hydrogen) atoms. The fourth-order valence-corrected chi connectivity index (χ4v) is 0.971. The van der Waals surface area contributed by atoms with Gasteiger partial charge in [-0.1, -0.05) is 6.92 Å². The van der Waals surface area contributed by atoms with Gasteiger partial charge in [-0.25, -0.2) is 0 Å². The summed E-state index contributed by atoms with van der Waals surface area (Å²) in [6, 6.07) is 0. The molecule has 0 amide bonds. The molecule has 0 atom stereocenters. The van der Waals surface area contributed by atoms with Crippen molar-refractivity contribution in [3.05, 3.63) is 0 Å². The van der Waals surface area contributed by atoms with Crippen LogP contribution in [0, 0.1) is 0 Å². The first-order valence-corrected chi connectivity index (χ1v) is 3.41. The average Bonchev–Trinajstić information content (AvgIpc) is 2.37. The van der Waals surface area contributed by atoms with Gasteiger partial charge in [-0.3, -0.25) is 9.79 Å². The first-order valence-electron chi connectivity index (χ1n) is 3.41. The number of hydrogen-bond acceptors (Lipinski definition) is 2. The van der Waals surface area contributed by atoms with Crippen molar-refractivity contribution >= 4 is 11.5 Å². The van der Waals surface area contributed by atoms with Gasteiger partial charge in [0, 0.05) is 13.0 Å². The second-order valence-electron chi connectivity index (χ2n) is 2.21. The molecule has 1 aliphatic heterocycles. The maximum absolute atomic E-state index is 10.9. The van der Waals surface area contributed by atoms with Gasteiger partial charge in [0.15, 0.2) is 5.78 Å². The predicted octanol–water partition coefficient (Wildman–Crippen LogP) is 1.20. The van der Waals surface area contributed by atoms with Gasteiger partial charge in [-0.2, -0.15) is 0 Å². The zero-order chi connectivity index (χ0) is 6.69. The summed E-state index contributed by atoms with van der Waals surface area (Å²) in [6.07, 6.45) is 2.59. The summed E-state index contributed by atoms with van der Waals surface area (Å²) in [7, 11) is 0. The molecule has 0 aromatic heterocycles. The fraction of sp³-hybridized carbons (Fsp3) is 0.714. The number of rotatable bonds is 2. The van der Waals surface area contributed by atoms with Crippen LogP contribution in [-0.4, -0.2) is 18.0 Å². The van der Waals surface area contributed by atoms with E-state index in [1.807, 2.05) is 6.92 Å². The van der Waals surface area contributed by atoms with E-state index in [1.165, 1.54) is 0 Å². The van der Waals surface area contributed by atoms with Crippen molar-refractivity contribution in [3.63, 3.8) is 0 Å². The second-order valence-corrected chi connectivity index (χ2v) is 2.21. The zero-order valence-electron chi connectivity index (χ0n) is 5.68. The number of aliphatic imine (C=N–C) groups is 1. The molecule has 50 valence electrons. The summed E-state index contributed by atoms with van der Waals surface area (Å²) < 4.78 is 0. The summed E-state index contributed by atoms with van der Waals surface area (Å²) >= 11 is 0. The van der Waals surface area contributed by atoms with Gasteiger partial charge in [0.05, 0.1) is 5.71 Å². The quantitative estimate of drug-likeness (QED) is 0.514. The summed E-state index contributed by atoms with van der Waals surface area (Å²) in [5.74, 6) is 0.229. The third kappa shape index (κ3) is 1.37. The van der Waals surface area contributed by atoms with E-state index >= 15 is 0 Å². The predicted molar refractivity (Wildman–Crippen MR) is 36.8 cm³/mol. The van der Waals surface area contributed by atoms with Gasteiger partial charge in [0.25, 0.3) is 0 Å². The standard InChI is InChI=1S/C7H11NO/c1-2-7(9)6-4-3-5-8-6/h2-5H2,1H3/i1+1,2+1,7+1. The Morgan fingerprint density at radius 3 is 3.00 bits per heavy atom. The molecule has 0 bridgehead atoms. The van der Waals surface area contributed by atoms with E-state index in [0.717, 1.165) is 25.1 Å². The van der Waals surface area contributed by atoms with E-state index in [1.54, 1.807) is 0 Å². The maximum atomic E-state index is 10.9. The molecule has 0 aromatic rings. The van der Waals surface area contributed by atoms with E-state index in [9.17, 15) is 4.79 Å². The van der Waals surface area contributed by atoms with Crippen molar-refractivity contribution in [2.24, 2.45) is 4.99 Å². The van der Waals surface area contributed by atoms with Crippen molar-refractivity contribution in [2.45, 2.75) is 26.2 Å². The molecule has 0 fully saturated rings. The van der Waals surface area contributed by atoms with Crippen LogP contribution < -0.4 is 0 Å². The van der Waals surface area contributed by atoms with Gasteiger partial charge in [0.2, 0.25) is 0 Å². The number of hydrogen-bond donors (Lipinski definition) is 0. The van der Waals surface area contributed by atoms with Gasteiger partial charge >= 0.3 is 0 Å². The van der Waals surface area contributed by atoms with Crippen molar-refractivity contribution in [1.82, 2.24) is 0 Å². The molecule has 2 heteroatoms. The van der Waals surface area contributed by atoms with Crippen LogP contribution >= 0.6 is 0 Å². The summed E-state index contributed by atoms with van der Waals surface area (Å²) in [5, 5.41) is 0. The van der Waals surface area contributed by atoms with E-state index in [4.69, 9.17) is 0 Å². The monoisotopic (exact) mass is 128 g/mol. The van der Waals surface area contributed by atoms with Crippen LogP contribution in [0.4, 0.5) is 0 Å².